The van der Waals surface area contributed by atoms with Gasteiger partial charge in [0, 0.05) is 5.56 Å². The van der Waals surface area contributed by atoms with E-state index in [9.17, 15) is 8.78 Å². The Kier molecular flexibility index (Phi) is 5.51. The lowest BCUT2D eigenvalue weighted by molar-refractivity contribution is -0.0526. The molecule has 1 rings (SSSR count). The maximum Gasteiger partial charge on any atom is 0.387 e. The smallest absolute Gasteiger partial charge is 0.387 e. The molecule has 0 spiro atoms. The Morgan fingerprint density at radius 2 is 1.75 bits per heavy atom. The zero-order valence-electron chi connectivity index (χ0n) is 10.8. The Balaban J connectivity index is 3.18. The Labute approximate surface area is 113 Å². The molecule has 4 N–H and O–H groups in total. The van der Waals surface area contributed by atoms with Gasteiger partial charge in [0.05, 0.1) is 20.4 Å². The van der Waals surface area contributed by atoms with Gasteiger partial charge in [-0.1, -0.05) is 0 Å². The summed E-state index contributed by atoms with van der Waals surface area (Å²) in [5.74, 6) is -0.284. The van der Waals surface area contributed by atoms with Crippen LogP contribution in [-0.4, -0.2) is 33.0 Å². The highest BCUT2D eigenvalue weighted by molar-refractivity contribution is 5.83. The Morgan fingerprint density at radius 3 is 2.15 bits per heavy atom. The summed E-state index contributed by atoms with van der Waals surface area (Å²) < 4.78 is 39.0. The molecule has 0 aromatic heterocycles. The van der Waals surface area contributed by atoms with Crippen molar-refractivity contribution in [2.45, 2.75) is 6.61 Å². The van der Waals surface area contributed by atoms with Gasteiger partial charge in [-0.15, -0.1) is 5.10 Å². The van der Waals surface area contributed by atoms with Crippen LogP contribution in [0.5, 0.6) is 17.2 Å². The zero-order chi connectivity index (χ0) is 15.1. The van der Waals surface area contributed by atoms with Crippen molar-refractivity contribution in [3.63, 3.8) is 0 Å². The molecule has 0 saturated heterocycles. The SMILES string of the molecule is COc1cc(/C=N/N=C(N)N)cc(OC)c1OC(F)F. The van der Waals surface area contributed by atoms with Gasteiger partial charge < -0.3 is 25.7 Å². The number of methoxy groups -OCH3 is 2. The number of rotatable bonds is 6. The minimum absolute atomic E-state index is 0.0656. The normalized spacial score (nSPS) is 10.7. The molecular formula is C11H14F2N4O3. The third-order valence-electron chi connectivity index (χ3n) is 2.07. The van der Waals surface area contributed by atoms with Crippen molar-refractivity contribution in [2.24, 2.45) is 21.7 Å². The van der Waals surface area contributed by atoms with Gasteiger partial charge in [0.25, 0.3) is 0 Å². The van der Waals surface area contributed by atoms with Crippen LogP contribution in [0.1, 0.15) is 5.56 Å². The Morgan fingerprint density at radius 1 is 1.20 bits per heavy atom. The number of guanidine groups is 1. The predicted octanol–water partition coefficient (Wildman–Crippen LogP) is 0.912. The molecule has 0 unspecified atom stereocenters. The van der Waals surface area contributed by atoms with Crippen LogP contribution in [0.2, 0.25) is 0 Å². The molecule has 0 heterocycles. The van der Waals surface area contributed by atoms with Crippen molar-refractivity contribution in [1.29, 1.82) is 0 Å². The van der Waals surface area contributed by atoms with Crippen LogP contribution in [0.3, 0.4) is 0 Å². The summed E-state index contributed by atoms with van der Waals surface area (Å²) >= 11 is 0. The van der Waals surface area contributed by atoms with Crippen molar-refractivity contribution in [2.75, 3.05) is 14.2 Å². The number of halogens is 2. The minimum atomic E-state index is -3.00. The van der Waals surface area contributed by atoms with Crippen LogP contribution in [0.25, 0.3) is 0 Å². The standard InChI is InChI=1S/C11H14F2N4O3/c1-18-7-3-6(5-16-17-11(14)15)4-8(19-2)9(7)20-10(12)13/h3-5,10H,1-2H3,(H4,14,15,17)/b16-5+. The van der Waals surface area contributed by atoms with E-state index in [-0.39, 0.29) is 23.2 Å². The maximum atomic E-state index is 12.3. The second kappa shape index (κ2) is 7.12. The quantitative estimate of drug-likeness (QED) is 0.460. The van der Waals surface area contributed by atoms with E-state index in [4.69, 9.17) is 20.9 Å². The summed E-state index contributed by atoms with van der Waals surface area (Å²) in [5, 5.41) is 7.01. The summed E-state index contributed by atoms with van der Waals surface area (Å²) in [6.07, 6.45) is 1.30. The number of hydrogen-bond donors (Lipinski definition) is 2. The van der Waals surface area contributed by atoms with E-state index in [2.05, 4.69) is 14.9 Å². The fraction of sp³-hybridized carbons (Fsp3) is 0.273. The Bertz CT molecular complexity index is 491. The third kappa shape index (κ3) is 4.26. The van der Waals surface area contributed by atoms with Gasteiger partial charge in [0.2, 0.25) is 11.7 Å². The van der Waals surface area contributed by atoms with Gasteiger partial charge in [-0.3, -0.25) is 0 Å². The van der Waals surface area contributed by atoms with E-state index >= 15 is 0 Å². The number of nitrogens with zero attached hydrogens (tertiary/aromatic N) is 2. The fourth-order valence-corrected chi connectivity index (χ4v) is 1.34. The molecule has 0 fully saturated rings. The molecule has 7 nitrogen and oxygen atoms in total. The van der Waals surface area contributed by atoms with E-state index < -0.39 is 6.61 Å². The molecule has 0 aliphatic carbocycles. The van der Waals surface area contributed by atoms with Crippen molar-refractivity contribution in [1.82, 2.24) is 0 Å². The molecular weight excluding hydrogens is 274 g/mol. The number of hydrogen-bond acceptors (Lipinski definition) is 5. The average Bonchev–Trinajstić information content (AvgIpc) is 2.38. The van der Waals surface area contributed by atoms with E-state index in [0.29, 0.717) is 5.56 Å². The lowest BCUT2D eigenvalue weighted by Crippen LogP contribution is -2.21. The first-order chi connectivity index (χ1) is 9.47. The van der Waals surface area contributed by atoms with Gasteiger partial charge in [0.1, 0.15) is 0 Å². The highest BCUT2D eigenvalue weighted by Gasteiger charge is 2.17. The van der Waals surface area contributed by atoms with Gasteiger partial charge >= 0.3 is 6.61 Å². The molecule has 9 heteroatoms. The zero-order valence-corrected chi connectivity index (χ0v) is 10.8. The van der Waals surface area contributed by atoms with Gasteiger partial charge in [-0.05, 0) is 12.1 Å². The molecule has 0 amide bonds. The first kappa shape index (κ1) is 15.5. The highest BCUT2D eigenvalue weighted by Crippen LogP contribution is 2.39. The molecule has 0 bridgehead atoms. The number of ether oxygens (including phenoxy) is 3. The lowest BCUT2D eigenvalue weighted by Gasteiger charge is -2.14. The van der Waals surface area contributed by atoms with Gasteiger partial charge in [-0.25, -0.2) is 0 Å². The van der Waals surface area contributed by atoms with Gasteiger partial charge in [-0.2, -0.15) is 13.9 Å². The Hall–Kier alpha value is -2.58. The fourth-order valence-electron chi connectivity index (χ4n) is 1.34. The number of benzene rings is 1. The summed E-state index contributed by atoms with van der Waals surface area (Å²) in [5.41, 5.74) is 10.7. The molecule has 0 radical (unpaired) electrons. The van der Waals surface area contributed by atoms with Crippen molar-refractivity contribution in [3.05, 3.63) is 17.7 Å². The summed E-state index contributed by atoms with van der Waals surface area (Å²) in [7, 11) is 2.62. The van der Waals surface area contributed by atoms with E-state index in [1.54, 1.807) is 0 Å². The minimum Gasteiger partial charge on any atom is -0.493 e. The van der Waals surface area contributed by atoms with Crippen molar-refractivity contribution in [3.8, 4) is 17.2 Å². The summed E-state index contributed by atoms with van der Waals surface area (Å²) in [6.45, 7) is -3.00. The monoisotopic (exact) mass is 288 g/mol. The molecule has 1 aromatic rings. The van der Waals surface area contributed by atoms with Crippen LogP contribution < -0.4 is 25.7 Å². The number of alkyl halides is 2. The van der Waals surface area contributed by atoms with Crippen molar-refractivity contribution >= 4 is 12.2 Å². The molecule has 0 saturated carbocycles. The molecule has 0 aliphatic heterocycles. The first-order valence-electron chi connectivity index (χ1n) is 5.30. The topological polar surface area (TPSA) is 104 Å². The molecule has 0 atom stereocenters. The van der Waals surface area contributed by atoms with Crippen LogP contribution >= 0.6 is 0 Å². The summed E-state index contributed by atoms with van der Waals surface area (Å²) in [4.78, 5) is 0. The largest absolute Gasteiger partial charge is 0.493 e. The average molecular weight is 288 g/mol. The lowest BCUT2D eigenvalue weighted by atomic mass is 10.2. The van der Waals surface area contributed by atoms with Crippen molar-refractivity contribution < 1.29 is 23.0 Å². The third-order valence-corrected chi connectivity index (χ3v) is 2.07. The van der Waals surface area contributed by atoms with Crippen LogP contribution in [0, 0.1) is 0 Å². The van der Waals surface area contributed by atoms with Gasteiger partial charge in [0.15, 0.2) is 11.5 Å². The predicted molar refractivity (Wildman–Crippen MR) is 69.6 cm³/mol. The second-order valence-corrected chi connectivity index (χ2v) is 3.40. The first-order valence-corrected chi connectivity index (χ1v) is 5.30. The van der Waals surface area contributed by atoms with Crippen LogP contribution in [-0.2, 0) is 0 Å². The summed E-state index contributed by atoms with van der Waals surface area (Å²) in [6, 6.07) is 2.85. The molecule has 20 heavy (non-hydrogen) atoms. The van der Waals surface area contributed by atoms with E-state index in [1.165, 1.54) is 32.6 Å². The molecule has 1 aromatic carbocycles. The van der Waals surface area contributed by atoms with Crippen LogP contribution in [0.15, 0.2) is 22.3 Å². The van der Waals surface area contributed by atoms with E-state index in [1.807, 2.05) is 0 Å². The number of nitrogens with two attached hydrogens (primary N) is 2. The molecule has 110 valence electrons. The molecule has 0 aliphatic rings. The van der Waals surface area contributed by atoms with E-state index in [0.717, 1.165) is 0 Å². The van der Waals surface area contributed by atoms with Crippen LogP contribution in [0.4, 0.5) is 8.78 Å². The highest BCUT2D eigenvalue weighted by atomic mass is 19.3. The maximum absolute atomic E-state index is 12.3. The second-order valence-electron chi connectivity index (χ2n) is 3.40.